The van der Waals surface area contributed by atoms with Gasteiger partial charge in [-0.05, 0) is 19.4 Å². The van der Waals surface area contributed by atoms with E-state index in [0.29, 0.717) is 25.6 Å². The van der Waals surface area contributed by atoms with Crippen LogP contribution in [0, 0.1) is 11.8 Å². The molecule has 136 valence electrons. The Hall–Kier alpha value is -1.34. The molecule has 0 aliphatic carbocycles. The molecular weight excluding hydrogens is 308 g/mol. The molecule has 3 heterocycles. The van der Waals surface area contributed by atoms with Crippen molar-refractivity contribution < 1.29 is 14.3 Å². The summed E-state index contributed by atoms with van der Waals surface area (Å²) < 4.78 is 5.97. The number of amides is 3. The van der Waals surface area contributed by atoms with Crippen LogP contribution >= 0.6 is 0 Å². The predicted octanol–water partition coefficient (Wildman–Crippen LogP) is 0.215. The van der Waals surface area contributed by atoms with Gasteiger partial charge in [-0.25, -0.2) is 4.79 Å². The third-order valence-electron chi connectivity index (χ3n) is 5.24. The minimum absolute atomic E-state index is 0.00466. The summed E-state index contributed by atoms with van der Waals surface area (Å²) in [5.74, 6) is 0.541. The number of fused-ring (bicyclic) bond motifs is 2. The maximum atomic E-state index is 12.8. The third kappa shape index (κ3) is 3.83. The molecule has 3 atom stereocenters. The van der Waals surface area contributed by atoms with Gasteiger partial charge in [0.25, 0.3) is 0 Å². The van der Waals surface area contributed by atoms with Crippen molar-refractivity contribution >= 4 is 11.9 Å². The van der Waals surface area contributed by atoms with E-state index in [1.807, 2.05) is 9.80 Å². The molecule has 1 N–H and O–H groups in total. The highest BCUT2D eigenvalue weighted by Crippen LogP contribution is 2.33. The van der Waals surface area contributed by atoms with E-state index in [4.69, 9.17) is 4.74 Å². The van der Waals surface area contributed by atoms with Crippen LogP contribution in [0.15, 0.2) is 0 Å². The molecule has 2 bridgehead atoms. The molecule has 3 amide bonds. The minimum atomic E-state index is -0.152. The standard InChI is InChI=1S/C17H30N4O3/c1-12(2)9-18-17(23)21-10-13-8-14(15(11-21)24-13)16(22)20-6-4-19(3)5-7-20/h12-15H,4-11H2,1-3H3,(H,18,23). The first-order valence-corrected chi connectivity index (χ1v) is 9.09. The van der Waals surface area contributed by atoms with E-state index in [1.165, 1.54) is 0 Å². The molecule has 0 aromatic rings. The van der Waals surface area contributed by atoms with E-state index in [2.05, 4.69) is 31.1 Å². The Bertz CT molecular complexity index is 476. The smallest absolute Gasteiger partial charge is 0.317 e. The molecule has 0 radical (unpaired) electrons. The zero-order chi connectivity index (χ0) is 17.3. The van der Waals surface area contributed by atoms with Crippen LogP contribution in [0.3, 0.4) is 0 Å². The molecule has 0 aromatic heterocycles. The summed E-state index contributed by atoms with van der Waals surface area (Å²) >= 11 is 0. The predicted molar refractivity (Wildman–Crippen MR) is 90.7 cm³/mol. The second kappa shape index (κ2) is 7.27. The Balaban J connectivity index is 1.56. The number of likely N-dealkylation sites (tertiary alicyclic amines) is 1. The minimum Gasteiger partial charge on any atom is -0.370 e. The summed E-state index contributed by atoms with van der Waals surface area (Å²) in [5.41, 5.74) is 0. The van der Waals surface area contributed by atoms with Crippen LogP contribution in [0.5, 0.6) is 0 Å². The molecule has 3 saturated heterocycles. The van der Waals surface area contributed by atoms with Crippen molar-refractivity contribution in [1.82, 2.24) is 20.0 Å². The summed E-state index contributed by atoms with van der Waals surface area (Å²) in [6.45, 7) is 9.38. The number of carbonyl (C=O) groups excluding carboxylic acids is 2. The van der Waals surface area contributed by atoms with Gasteiger partial charge in [-0.2, -0.15) is 0 Å². The number of morpholine rings is 1. The molecule has 3 rings (SSSR count). The number of nitrogens with one attached hydrogen (secondary N) is 1. The van der Waals surface area contributed by atoms with Gasteiger partial charge in [0.1, 0.15) is 0 Å². The number of rotatable bonds is 3. The van der Waals surface area contributed by atoms with Gasteiger partial charge in [0.15, 0.2) is 0 Å². The lowest BCUT2D eigenvalue weighted by Gasteiger charge is -2.36. The number of nitrogens with zero attached hydrogens (tertiary/aromatic N) is 3. The quantitative estimate of drug-likeness (QED) is 0.799. The lowest BCUT2D eigenvalue weighted by molar-refractivity contribution is -0.139. The molecule has 24 heavy (non-hydrogen) atoms. The van der Waals surface area contributed by atoms with Gasteiger partial charge >= 0.3 is 6.03 Å². The van der Waals surface area contributed by atoms with Gasteiger partial charge in [0.2, 0.25) is 5.91 Å². The van der Waals surface area contributed by atoms with Crippen LogP contribution in [0.25, 0.3) is 0 Å². The molecule has 3 unspecified atom stereocenters. The topological polar surface area (TPSA) is 65.1 Å². The van der Waals surface area contributed by atoms with Gasteiger partial charge in [-0.1, -0.05) is 13.8 Å². The van der Waals surface area contributed by atoms with Gasteiger partial charge in [0, 0.05) is 45.8 Å². The van der Waals surface area contributed by atoms with Crippen molar-refractivity contribution in [3.05, 3.63) is 0 Å². The first kappa shape index (κ1) is 17.5. The lowest BCUT2D eigenvalue weighted by atomic mass is 9.98. The molecule has 3 aliphatic heterocycles. The average Bonchev–Trinajstić information content (AvgIpc) is 2.86. The van der Waals surface area contributed by atoms with Crippen LogP contribution < -0.4 is 5.32 Å². The highest BCUT2D eigenvalue weighted by atomic mass is 16.5. The van der Waals surface area contributed by atoms with Gasteiger partial charge in [0.05, 0.1) is 18.1 Å². The summed E-state index contributed by atoms with van der Waals surface area (Å²) in [7, 11) is 2.08. The van der Waals surface area contributed by atoms with Crippen molar-refractivity contribution in [1.29, 1.82) is 0 Å². The number of hydrogen-bond donors (Lipinski definition) is 1. The Kier molecular flexibility index (Phi) is 5.30. The second-order valence-corrected chi connectivity index (χ2v) is 7.75. The fourth-order valence-corrected chi connectivity index (χ4v) is 3.75. The highest BCUT2D eigenvalue weighted by molar-refractivity contribution is 5.80. The van der Waals surface area contributed by atoms with Crippen LogP contribution in [0.4, 0.5) is 4.79 Å². The normalized spacial score (nSPS) is 30.8. The second-order valence-electron chi connectivity index (χ2n) is 7.75. The van der Waals surface area contributed by atoms with E-state index in [9.17, 15) is 9.59 Å². The molecular formula is C17H30N4O3. The largest absolute Gasteiger partial charge is 0.370 e. The first-order chi connectivity index (χ1) is 11.4. The van der Waals surface area contributed by atoms with Crippen molar-refractivity contribution in [3.8, 4) is 0 Å². The zero-order valence-electron chi connectivity index (χ0n) is 15.0. The van der Waals surface area contributed by atoms with Gasteiger partial charge in [-0.15, -0.1) is 0 Å². The first-order valence-electron chi connectivity index (χ1n) is 9.09. The maximum absolute atomic E-state index is 12.8. The SMILES string of the molecule is CC(C)CNC(=O)N1CC2CC(C(=O)N3CCN(C)CC3)C(C1)O2. The maximum Gasteiger partial charge on any atom is 0.317 e. The Morgan fingerprint density at radius 2 is 1.83 bits per heavy atom. The van der Waals surface area contributed by atoms with E-state index in [-0.39, 0.29) is 30.1 Å². The summed E-state index contributed by atoms with van der Waals surface area (Å²) in [6, 6.07) is -0.0327. The van der Waals surface area contributed by atoms with E-state index in [1.54, 1.807) is 0 Å². The monoisotopic (exact) mass is 338 g/mol. The number of hydrogen-bond acceptors (Lipinski definition) is 4. The molecule has 7 nitrogen and oxygen atoms in total. The summed E-state index contributed by atoms with van der Waals surface area (Å²) in [4.78, 5) is 31.2. The van der Waals surface area contributed by atoms with E-state index in [0.717, 1.165) is 32.6 Å². The van der Waals surface area contributed by atoms with Gasteiger partial charge < -0.3 is 24.8 Å². The fraction of sp³-hybridized carbons (Fsp3) is 0.882. The average molecular weight is 338 g/mol. The van der Waals surface area contributed by atoms with Crippen molar-refractivity contribution in [2.45, 2.75) is 32.5 Å². The van der Waals surface area contributed by atoms with Crippen molar-refractivity contribution in [3.63, 3.8) is 0 Å². The molecule has 7 heteroatoms. The fourth-order valence-electron chi connectivity index (χ4n) is 3.75. The van der Waals surface area contributed by atoms with E-state index >= 15 is 0 Å². The lowest BCUT2D eigenvalue weighted by Crippen LogP contribution is -2.53. The Labute approximate surface area is 144 Å². The summed E-state index contributed by atoms with van der Waals surface area (Å²) in [6.07, 6.45) is 0.583. The van der Waals surface area contributed by atoms with Crippen molar-refractivity contribution in [2.75, 3.05) is 52.9 Å². The zero-order valence-corrected chi connectivity index (χ0v) is 15.0. The number of urea groups is 1. The van der Waals surface area contributed by atoms with Crippen LogP contribution in [-0.2, 0) is 9.53 Å². The number of likely N-dealkylation sites (N-methyl/N-ethyl adjacent to an activating group) is 1. The van der Waals surface area contributed by atoms with Crippen LogP contribution in [-0.4, -0.2) is 91.7 Å². The Morgan fingerprint density at radius 1 is 1.12 bits per heavy atom. The third-order valence-corrected chi connectivity index (χ3v) is 5.24. The van der Waals surface area contributed by atoms with Gasteiger partial charge in [-0.3, -0.25) is 4.79 Å². The molecule has 3 fully saturated rings. The molecule has 0 aromatic carbocycles. The van der Waals surface area contributed by atoms with E-state index < -0.39 is 0 Å². The Morgan fingerprint density at radius 3 is 2.50 bits per heavy atom. The summed E-state index contributed by atoms with van der Waals surface area (Å²) in [5, 5.41) is 2.96. The van der Waals surface area contributed by atoms with Crippen LogP contribution in [0.2, 0.25) is 0 Å². The molecule has 3 aliphatic rings. The number of piperazine rings is 1. The van der Waals surface area contributed by atoms with Crippen LogP contribution in [0.1, 0.15) is 20.3 Å². The van der Waals surface area contributed by atoms with Crippen molar-refractivity contribution in [2.24, 2.45) is 11.8 Å². The number of carbonyl (C=O) groups is 2. The molecule has 0 spiro atoms. The highest BCUT2D eigenvalue weighted by Gasteiger charge is 2.47. The molecule has 0 saturated carbocycles. The number of ether oxygens (including phenoxy) is 1.